The second-order valence-electron chi connectivity index (χ2n) is 19.8. The molecule has 31 heteroatoms. The van der Waals surface area contributed by atoms with Crippen LogP contribution >= 0.6 is 12.3 Å². The number of aliphatic hydroxyl groups is 7. The number of phenols is 1. The first-order valence-corrected chi connectivity index (χ1v) is 25.8. The van der Waals surface area contributed by atoms with Gasteiger partial charge in [-0.2, -0.15) is 0 Å². The van der Waals surface area contributed by atoms with Gasteiger partial charge in [0.25, 0.3) is 12.3 Å². The molecule has 7 rings (SSSR count). The fourth-order valence-corrected chi connectivity index (χ4v) is 10.5. The molecule has 0 saturated carbocycles. The van der Waals surface area contributed by atoms with Crippen molar-refractivity contribution in [1.82, 2.24) is 36.4 Å². The number of carbonyl (C=O) groups is 8. The van der Waals surface area contributed by atoms with Crippen LogP contribution in [-0.4, -0.2) is 197 Å². The van der Waals surface area contributed by atoms with Crippen molar-refractivity contribution < 1.29 is 132 Å². The molecule has 1 aliphatic carbocycles. The van der Waals surface area contributed by atoms with Crippen LogP contribution in [-0.2, 0) is 47.7 Å². The third kappa shape index (κ3) is 14.9. The van der Waals surface area contributed by atoms with Crippen molar-refractivity contribution in [2.75, 3.05) is 26.2 Å². The molecule has 3 fully saturated rings. The van der Waals surface area contributed by atoms with E-state index < -0.39 is 189 Å². The third-order valence-electron chi connectivity index (χ3n) is 14.3. The van der Waals surface area contributed by atoms with Crippen molar-refractivity contribution in [3.8, 4) is 22.6 Å². The molecule has 3 aromatic carbocycles. The van der Waals surface area contributed by atoms with Gasteiger partial charge in [-0.1, -0.05) is 61.5 Å². The fraction of sp³-hybridized carbons (Fsp3) is 0.480. The number of aliphatic hydroxyl groups excluding tert-OH is 7. The Labute approximate surface area is 488 Å². The molecule has 29 nitrogen and oxygen atoms in total. The number of amides is 8. The number of nitrogens with two attached hydrogens (primary N) is 1. The molecule has 3 saturated heterocycles. The number of phenolic OH excluding ortho intramolecular Hbond substituents is 1. The minimum absolute atomic E-state index is 0. The van der Waals surface area contributed by atoms with Crippen molar-refractivity contribution in [2.24, 2.45) is 11.7 Å². The molecule has 0 radical (unpaired) electrons. The molecule has 0 aromatic heterocycles. The van der Waals surface area contributed by atoms with E-state index in [1.54, 1.807) is 0 Å². The van der Waals surface area contributed by atoms with Gasteiger partial charge in [-0.25, -0.2) is 4.79 Å². The second kappa shape index (κ2) is 28.2. The summed E-state index contributed by atoms with van der Waals surface area (Å²) in [4.78, 5) is 114. The second-order valence-corrected chi connectivity index (χ2v) is 20.3. The standard InChI is InChI=1S/C50H62N8O21S.Na/c1-21-18-58-40(41(21)65)47(71)52-17-24(60)14-31(53-50(74)76-20-30-28-9-5-3-7-26(28)27-8-4-6-10-29(27)30)44(68)54-37(22(2)59)48(72)57-19-25(61)15-32(57)45(69)56-39(46(70)55-38(49(58)73)34(63)16-36(51)64)43(67)42(66)23-11-12-33(62)35(13-23)77-80-79-78-75;/h3-13,21-22,24-25,30-32,34,37-43,59-63,65-67,75H,14-20H2,1-2H3,(H2,51,64)(H,52,71)(H,53,74)(H,54,68)(H,55,70)(H,56,69);/q;+1/p-1/t21?,22?,24?,25?,31-,32?,34?,37?,38?,39?,40?,41?,42?,43?;/m0./s1. The van der Waals surface area contributed by atoms with Crippen LogP contribution in [0.1, 0.15) is 61.8 Å². The Morgan fingerprint density at radius 3 is 2.05 bits per heavy atom. The van der Waals surface area contributed by atoms with Crippen LogP contribution in [0, 0.1) is 5.92 Å². The topological polar surface area (TPSA) is 451 Å². The number of primary amides is 1. The van der Waals surface area contributed by atoms with Gasteiger partial charge in [0.2, 0.25) is 41.4 Å². The van der Waals surface area contributed by atoms with Gasteiger partial charge in [0.1, 0.15) is 55.1 Å². The summed E-state index contributed by atoms with van der Waals surface area (Å²) in [5, 5.41) is 115. The Hall–Kier alpha value is -6.23. The molecule has 0 bridgehead atoms. The van der Waals surface area contributed by atoms with Gasteiger partial charge in [-0.15, -0.1) is 4.33 Å². The number of alkyl carbamates (subject to hydrolysis) is 1. The Morgan fingerprint density at radius 1 is 0.802 bits per heavy atom. The monoisotopic (exact) mass is 1160 g/mol. The minimum atomic E-state index is -2.53. The first-order valence-electron chi connectivity index (χ1n) is 25.1. The molecule has 15 N–H and O–H groups in total. The molecule has 14 atom stereocenters. The van der Waals surface area contributed by atoms with E-state index in [0.717, 1.165) is 52.3 Å². The van der Waals surface area contributed by atoms with Crippen LogP contribution in [0.5, 0.6) is 11.5 Å². The summed E-state index contributed by atoms with van der Waals surface area (Å²) in [5.41, 5.74) is 8.52. The fourth-order valence-electron chi connectivity index (χ4n) is 10.2. The smallest absolute Gasteiger partial charge is 0.691 e. The van der Waals surface area contributed by atoms with Crippen molar-refractivity contribution in [2.45, 2.75) is 118 Å². The van der Waals surface area contributed by atoms with Crippen LogP contribution in [0.4, 0.5) is 4.79 Å². The molecule has 434 valence electrons. The molecule has 3 aliphatic heterocycles. The van der Waals surface area contributed by atoms with Crippen molar-refractivity contribution in [3.05, 3.63) is 83.4 Å². The average molecular weight is 1170 g/mol. The van der Waals surface area contributed by atoms with Gasteiger partial charge in [-0.3, -0.25) is 38.6 Å². The largest absolute Gasteiger partial charge is 1.00 e. The Bertz CT molecular complexity index is 2760. The normalized spacial score (nSPS) is 27.2. The summed E-state index contributed by atoms with van der Waals surface area (Å²) in [5.74, 6) is -11.5. The van der Waals surface area contributed by atoms with E-state index in [4.69, 9.17) is 14.7 Å². The Kier molecular flexibility index (Phi) is 22.2. The van der Waals surface area contributed by atoms with Crippen LogP contribution in [0.3, 0.4) is 0 Å². The average Bonchev–Trinajstić information content (AvgIpc) is 4.08. The summed E-state index contributed by atoms with van der Waals surface area (Å²) in [6.45, 7) is 0.445. The van der Waals surface area contributed by atoms with Gasteiger partial charge in [0, 0.05) is 44.3 Å². The molecule has 81 heavy (non-hydrogen) atoms. The van der Waals surface area contributed by atoms with Crippen LogP contribution in [0.25, 0.3) is 11.1 Å². The molecule has 3 heterocycles. The zero-order valence-electron chi connectivity index (χ0n) is 43.7. The van der Waals surface area contributed by atoms with Crippen LogP contribution in [0.2, 0.25) is 0 Å². The number of benzene rings is 3. The molecule has 3 aromatic rings. The predicted octanol–water partition coefficient (Wildman–Crippen LogP) is -8.01. The maximum Gasteiger partial charge on any atom is 1.00 e. The number of aromatic hydroxyl groups is 1. The SMILES string of the molecule is CC(O)C1NC(=O)[C@@H](NC(=O)OCC2c3ccccc3-c3ccccc32)CC(O)CNC(=O)C2C(O)C(C)CN2C(=O)C(C(O)CC(N)=O)NC(=O)C(C(O)C(O)c2ccc(O)c(OSOO[O-])c2)NC(=O)C2CC(O)CN2C1=O.[Na+]. The molecular formula is C50H61N8NaO21S. The summed E-state index contributed by atoms with van der Waals surface area (Å²) < 4.78 is 14.7. The Balaban J connectivity index is 0.0000106. The molecule has 8 amide bonds. The number of hydrogen-bond acceptors (Lipinski definition) is 22. The van der Waals surface area contributed by atoms with E-state index in [9.17, 15) is 84.5 Å². The zero-order valence-corrected chi connectivity index (χ0v) is 46.5. The molecule has 13 unspecified atom stereocenters. The van der Waals surface area contributed by atoms with E-state index in [2.05, 4.69) is 36.0 Å². The number of hydrogen-bond donors (Lipinski definition) is 14. The predicted molar refractivity (Wildman–Crippen MR) is 269 cm³/mol. The van der Waals surface area contributed by atoms with Crippen LogP contribution in [0.15, 0.2) is 66.7 Å². The summed E-state index contributed by atoms with van der Waals surface area (Å²) in [7, 11) is 0. The van der Waals surface area contributed by atoms with Crippen molar-refractivity contribution in [1.29, 1.82) is 0 Å². The number of carbonyl (C=O) groups excluding carboxylic acids is 8. The minimum Gasteiger partial charge on any atom is -0.691 e. The number of nitrogens with one attached hydrogen (secondary N) is 5. The van der Waals surface area contributed by atoms with Gasteiger partial charge in [-0.05, 0) is 46.9 Å². The number of β-amino-alcohol motifs (C(OH)–C–C–N with tert-alkyl or cyclic N) is 1. The van der Waals surface area contributed by atoms with E-state index in [1.165, 1.54) is 6.92 Å². The Morgan fingerprint density at radius 2 is 1.42 bits per heavy atom. The van der Waals surface area contributed by atoms with E-state index in [-0.39, 0.29) is 54.1 Å². The van der Waals surface area contributed by atoms with Crippen molar-refractivity contribution in [3.63, 3.8) is 0 Å². The quantitative estimate of drug-likeness (QED) is 0.0234. The van der Waals surface area contributed by atoms with Crippen LogP contribution < -0.4 is 71.3 Å². The van der Waals surface area contributed by atoms with Gasteiger partial charge < -0.3 is 97.1 Å². The van der Waals surface area contributed by atoms with Gasteiger partial charge >= 0.3 is 35.7 Å². The maximum absolute atomic E-state index is 14.6. The number of nitrogens with zero attached hydrogens (tertiary/aromatic N) is 2. The van der Waals surface area contributed by atoms with Crippen molar-refractivity contribution >= 4 is 59.8 Å². The summed E-state index contributed by atoms with van der Waals surface area (Å²) >= 11 is -0.0848. The maximum atomic E-state index is 14.6. The summed E-state index contributed by atoms with van der Waals surface area (Å²) in [6, 6.07) is 5.47. The number of fused-ring (bicyclic) bond motifs is 5. The number of ether oxygens (including phenoxy) is 1. The molecule has 0 spiro atoms. The zero-order chi connectivity index (χ0) is 58.3. The first kappa shape index (κ1) is 63.9. The third-order valence-corrected chi connectivity index (χ3v) is 14.6. The molecular weight excluding hydrogens is 1100 g/mol. The van der Waals surface area contributed by atoms with Gasteiger partial charge in [0.05, 0.1) is 36.9 Å². The van der Waals surface area contributed by atoms with Gasteiger partial charge in [0.15, 0.2) is 11.5 Å². The summed E-state index contributed by atoms with van der Waals surface area (Å²) in [6.07, 6.45) is -17.3. The number of rotatable bonds is 14. The first-order chi connectivity index (χ1) is 38.0. The molecule has 4 aliphatic rings. The van der Waals surface area contributed by atoms with E-state index in [0.29, 0.717) is 4.90 Å². The van der Waals surface area contributed by atoms with E-state index in [1.807, 2.05) is 48.5 Å². The van der Waals surface area contributed by atoms with E-state index >= 15 is 0 Å².